The van der Waals surface area contributed by atoms with Gasteiger partial charge in [0.25, 0.3) is 0 Å². The van der Waals surface area contributed by atoms with E-state index >= 15 is 0 Å². The molecule has 0 bridgehead atoms. The molecule has 1 fully saturated rings. The minimum Gasteiger partial charge on any atom is -0.462 e. The molecule has 5 nitrogen and oxygen atoms in total. The summed E-state index contributed by atoms with van der Waals surface area (Å²) in [5.74, 6) is -0.457. The molecule has 1 aromatic rings. The summed E-state index contributed by atoms with van der Waals surface area (Å²) in [6.45, 7) is 3.11. The molecular formula is C15H20BrNO4S. The van der Waals surface area contributed by atoms with Crippen molar-refractivity contribution < 1.29 is 17.9 Å². The van der Waals surface area contributed by atoms with Crippen LogP contribution < -0.4 is 0 Å². The smallest absolute Gasteiger partial charge is 0.338 e. The Balaban J connectivity index is 2.29. The van der Waals surface area contributed by atoms with E-state index in [4.69, 9.17) is 4.74 Å². The van der Waals surface area contributed by atoms with E-state index in [-0.39, 0.29) is 11.5 Å². The number of ether oxygens (including phenoxy) is 1. The number of benzene rings is 1. The van der Waals surface area contributed by atoms with Gasteiger partial charge in [0.1, 0.15) is 0 Å². The third-order valence-electron chi connectivity index (χ3n) is 3.63. The van der Waals surface area contributed by atoms with Crippen molar-refractivity contribution in [2.24, 2.45) is 0 Å². The molecule has 0 aromatic heterocycles. The maximum absolute atomic E-state index is 12.7. The van der Waals surface area contributed by atoms with Gasteiger partial charge in [-0.3, -0.25) is 0 Å². The Hall–Kier alpha value is -0.920. The molecule has 1 saturated heterocycles. The maximum Gasteiger partial charge on any atom is 0.338 e. The monoisotopic (exact) mass is 389 g/mol. The summed E-state index contributed by atoms with van der Waals surface area (Å²) in [5.41, 5.74) is 0.337. The highest BCUT2D eigenvalue weighted by Crippen LogP contribution is 2.28. The zero-order chi connectivity index (χ0) is 16.2. The van der Waals surface area contributed by atoms with Crippen molar-refractivity contribution in [3.05, 3.63) is 28.2 Å². The Bertz CT molecular complexity index is 637. The van der Waals surface area contributed by atoms with Crippen LogP contribution in [-0.2, 0) is 14.8 Å². The fourth-order valence-corrected chi connectivity index (χ4v) is 5.03. The number of esters is 1. The molecule has 1 aliphatic heterocycles. The second kappa shape index (κ2) is 7.57. The van der Waals surface area contributed by atoms with Crippen LogP contribution in [0, 0.1) is 0 Å². The van der Waals surface area contributed by atoms with Crippen LogP contribution in [-0.4, -0.2) is 38.4 Å². The summed E-state index contributed by atoms with van der Waals surface area (Å²) in [5, 5.41) is 0. The SMILES string of the molecule is CCOC(=O)c1ccc(S(=O)(=O)N2CCCCCC2)c(Br)c1. The van der Waals surface area contributed by atoms with E-state index in [9.17, 15) is 13.2 Å². The summed E-state index contributed by atoms with van der Waals surface area (Å²) in [6, 6.07) is 4.46. The summed E-state index contributed by atoms with van der Waals surface area (Å²) < 4.78 is 32.3. The standard InChI is InChI=1S/C15H20BrNO4S/c1-2-21-15(18)12-7-8-14(13(16)11-12)22(19,20)17-9-5-3-4-6-10-17/h7-8,11H,2-6,9-10H2,1H3. The summed E-state index contributed by atoms with van der Waals surface area (Å²) in [4.78, 5) is 11.9. The van der Waals surface area contributed by atoms with Crippen LogP contribution >= 0.6 is 15.9 Å². The van der Waals surface area contributed by atoms with Crippen molar-refractivity contribution in [1.82, 2.24) is 4.31 Å². The van der Waals surface area contributed by atoms with Gasteiger partial charge in [0.05, 0.1) is 17.1 Å². The Morgan fingerprint density at radius 1 is 1.23 bits per heavy atom. The van der Waals surface area contributed by atoms with E-state index in [1.807, 2.05) is 0 Å². The van der Waals surface area contributed by atoms with Gasteiger partial charge in [-0.15, -0.1) is 0 Å². The predicted molar refractivity (Wildman–Crippen MR) is 87.3 cm³/mol. The molecule has 0 saturated carbocycles. The third kappa shape index (κ3) is 3.88. The zero-order valence-electron chi connectivity index (χ0n) is 12.5. The van der Waals surface area contributed by atoms with E-state index in [1.165, 1.54) is 22.5 Å². The number of halogens is 1. The lowest BCUT2D eigenvalue weighted by molar-refractivity contribution is 0.0526. The highest BCUT2D eigenvalue weighted by Gasteiger charge is 2.27. The first kappa shape index (κ1) is 17.4. The lowest BCUT2D eigenvalue weighted by atomic mass is 10.2. The lowest BCUT2D eigenvalue weighted by Gasteiger charge is -2.20. The molecule has 1 aliphatic rings. The number of rotatable bonds is 4. The molecule has 22 heavy (non-hydrogen) atoms. The molecule has 1 heterocycles. The average molecular weight is 390 g/mol. The topological polar surface area (TPSA) is 63.7 Å². The Kier molecular flexibility index (Phi) is 6.00. The van der Waals surface area contributed by atoms with Crippen molar-refractivity contribution in [3.63, 3.8) is 0 Å². The average Bonchev–Trinajstić information content (AvgIpc) is 2.76. The molecule has 122 valence electrons. The van der Waals surface area contributed by atoms with Gasteiger partial charge in [0.2, 0.25) is 10.0 Å². The summed E-state index contributed by atoms with van der Waals surface area (Å²) in [6.07, 6.45) is 3.90. The van der Waals surface area contributed by atoms with Gasteiger partial charge in [-0.25, -0.2) is 13.2 Å². The van der Waals surface area contributed by atoms with Crippen molar-refractivity contribution in [1.29, 1.82) is 0 Å². The Morgan fingerprint density at radius 3 is 2.41 bits per heavy atom. The minimum absolute atomic E-state index is 0.197. The summed E-state index contributed by atoms with van der Waals surface area (Å²) >= 11 is 3.27. The van der Waals surface area contributed by atoms with Crippen LogP contribution in [0.3, 0.4) is 0 Å². The fraction of sp³-hybridized carbons (Fsp3) is 0.533. The van der Waals surface area contributed by atoms with Crippen LogP contribution in [0.2, 0.25) is 0 Å². The maximum atomic E-state index is 12.7. The first-order chi connectivity index (χ1) is 10.5. The van der Waals surface area contributed by atoms with Gasteiger partial charge in [-0.05, 0) is 53.9 Å². The van der Waals surface area contributed by atoms with Crippen molar-refractivity contribution in [2.45, 2.75) is 37.5 Å². The first-order valence-corrected chi connectivity index (χ1v) is 9.67. The number of carbonyl (C=O) groups is 1. The van der Waals surface area contributed by atoms with E-state index < -0.39 is 16.0 Å². The van der Waals surface area contributed by atoms with Crippen molar-refractivity contribution in [2.75, 3.05) is 19.7 Å². The normalized spacial score (nSPS) is 17.0. The highest BCUT2D eigenvalue weighted by atomic mass is 79.9. The number of sulfonamides is 1. The molecule has 0 unspecified atom stereocenters. The Labute approximate surface area is 139 Å². The molecule has 0 aliphatic carbocycles. The quantitative estimate of drug-likeness (QED) is 0.741. The second-order valence-electron chi connectivity index (χ2n) is 5.18. The number of hydrogen-bond acceptors (Lipinski definition) is 4. The molecule has 0 atom stereocenters. The van der Waals surface area contributed by atoms with Crippen LogP contribution in [0.4, 0.5) is 0 Å². The molecule has 0 spiro atoms. The number of hydrogen-bond donors (Lipinski definition) is 0. The molecular weight excluding hydrogens is 370 g/mol. The van der Waals surface area contributed by atoms with E-state index in [2.05, 4.69) is 15.9 Å². The largest absolute Gasteiger partial charge is 0.462 e. The highest BCUT2D eigenvalue weighted by molar-refractivity contribution is 9.10. The van der Waals surface area contributed by atoms with E-state index in [0.717, 1.165) is 25.7 Å². The molecule has 2 rings (SSSR count). The van der Waals surface area contributed by atoms with Crippen molar-refractivity contribution in [3.8, 4) is 0 Å². The van der Waals surface area contributed by atoms with Gasteiger partial charge < -0.3 is 4.74 Å². The minimum atomic E-state index is -3.54. The second-order valence-corrected chi connectivity index (χ2v) is 7.94. The number of nitrogens with zero attached hydrogens (tertiary/aromatic N) is 1. The van der Waals surface area contributed by atoms with Gasteiger partial charge >= 0.3 is 5.97 Å². The Morgan fingerprint density at radius 2 is 1.86 bits per heavy atom. The lowest BCUT2D eigenvalue weighted by Crippen LogP contribution is -2.32. The van der Waals surface area contributed by atoms with Gasteiger partial charge in [-0.2, -0.15) is 4.31 Å². The number of carbonyl (C=O) groups excluding carboxylic acids is 1. The van der Waals surface area contributed by atoms with Crippen LogP contribution in [0.1, 0.15) is 43.0 Å². The molecule has 7 heteroatoms. The van der Waals surface area contributed by atoms with Crippen LogP contribution in [0.25, 0.3) is 0 Å². The van der Waals surface area contributed by atoms with Crippen molar-refractivity contribution >= 4 is 31.9 Å². The van der Waals surface area contributed by atoms with Crippen LogP contribution in [0.5, 0.6) is 0 Å². The van der Waals surface area contributed by atoms with Gasteiger partial charge in [0.15, 0.2) is 0 Å². The van der Waals surface area contributed by atoms with Gasteiger partial charge in [0, 0.05) is 17.6 Å². The van der Waals surface area contributed by atoms with E-state index in [1.54, 1.807) is 6.92 Å². The molecule has 0 amide bonds. The fourth-order valence-electron chi connectivity index (χ4n) is 2.47. The molecule has 0 radical (unpaired) electrons. The third-order valence-corrected chi connectivity index (χ3v) is 6.50. The molecule has 0 N–H and O–H groups in total. The van der Waals surface area contributed by atoms with E-state index in [0.29, 0.717) is 23.1 Å². The van der Waals surface area contributed by atoms with Gasteiger partial charge in [-0.1, -0.05) is 12.8 Å². The first-order valence-electron chi connectivity index (χ1n) is 7.43. The van der Waals surface area contributed by atoms with Crippen LogP contribution in [0.15, 0.2) is 27.6 Å². The zero-order valence-corrected chi connectivity index (χ0v) is 15.0. The predicted octanol–water partition coefficient (Wildman–Crippen LogP) is 3.19. The molecule has 1 aromatic carbocycles. The summed E-state index contributed by atoms with van der Waals surface area (Å²) in [7, 11) is -3.54.